The molecular formula is C14H14N4O5. The molecular weight excluding hydrogens is 304 g/mol. The van der Waals surface area contributed by atoms with Crippen LogP contribution in [0.3, 0.4) is 0 Å². The van der Waals surface area contributed by atoms with Gasteiger partial charge in [0.1, 0.15) is 5.69 Å². The number of ketones is 1. The Bertz CT molecular complexity index is 849. The van der Waals surface area contributed by atoms with Crippen LogP contribution in [-0.4, -0.2) is 32.8 Å². The first-order valence-electron chi connectivity index (χ1n) is 6.60. The number of hydrogen-bond acceptors (Lipinski definition) is 5. The van der Waals surface area contributed by atoms with Crippen molar-refractivity contribution in [1.82, 2.24) is 14.5 Å². The van der Waals surface area contributed by atoms with Crippen LogP contribution >= 0.6 is 0 Å². The van der Waals surface area contributed by atoms with Crippen LogP contribution in [0.1, 0.15) is 20.8 Å². The molecule has 0 saturated carbocycles. The molecule has 2 heterocycles. The summed E-state index contributed by atoms with van der Waals surface area (Å²) in [5, 5.41) is 13.2. The van der Waals surface area contributed by atoms with E-state index in [9.17, 15) is 24.5 Å². The number of hydrogen-bond donors (Lipinski definition) is 1. The lowest BCUT2D eigenvalue weighted by atomic mass is 10.2. The second-order valence-corrected chi connectivity index (χ2v) is 4.84. The third-order valence-electron chi connectivity index (χ3n) is 3.28. The largest absolute Gasteiger partial charge is 0.354 e. The summed E-state index contributed by atoms with van der Waals surface area (Å²) >= 11 is 0. The predicted molar refractivity (Wildman–Crippen MR) is 80.5 cm³/mol. The molecule has 0 aliphatic heterocycles. The minimum absolute atomic E-state index is 0.240. The van der Waals surface area contributed by atoms with Gasteiger partial charge in [-0.1, -0.05) is 0 Å². The summed E-state index contributed by atoms with van der Waals surface area (Å²) in [6, 6.07) is 3.52. The van der Waals surface area contributed by atoms with Crippen molar-refractivity contribution < 1.29 is 14.5 Å². The van der Waals surface area contributed by atoms with E-state index in [0.717, 1.165) is 22.9 Å². The number of nitrogens with one attached hydrogen (secondary N) is 1. The van der Waals surface area contributed by atoms with Gasteiger partial charge in [-0.25, -0.2) is 0 Å². The fourth-order valence-corrected chi connectivity index (χ4v) is 2.07. The van der Waals surface area contributed by atoms with E-state index < -0.39 is 16.3 Å². The highest BCUT2D eigenvalue weighted by molar-refractivity contribution is 6.00. The quantitative estimate of drug-likeness (QED) is 0.484. The highest BCUT2D eigenvalue weighted by atomic mass is 16.6. The molecule has 0 atom stereocenters. The third-order valence-corrected chi connectivity index (χ3v) is 3.28. The molecule has 9 heteroatoms. The van der Waals surface area contributed by atoms with Gasteiger partial charge >= 0.3 is 0 Å². The SMILES string of the molecule is CNC(=O)c1cc(C(=O)Cn2cc([N+](=O)[O-])ccc2=O)cn1C. The zero-order valence-corrected chi connectivity index (χ0v) is 12.5. The monoisotopic (exact) mass is 318 g/mol. The lowest BCUT2D eigenvalue weighted by Gasteiger charge is -2.03. The molecule has 0 spiro atoms. The van der Waals surface area contributed by atoms with Crippen LogP contribution in [0.2, 0.25) is 0 Å². The van der Waals surface area contributed by atoms with Crippen molar-refractivity contribution in [2.45, 2.75) is 6.54 Å². The van der Waals surface area contributed by atoms with Crippen LogP contribution in [0, 0.1) is 10.1 Å². The summed E-state index contributed by atoms with van der Waals surface area (Å²) in [7, 11) is 3.08. The minimum atomic E-state index is -0.646. The van der Waals surface area contributed by atoms with Crippen molar-refractivity contribution in [3.8, 4) is 0 Å². The zero-order chi connectivity index (χ0) is 17.1. The maximum atomic E-state index is 12.2. The van der Waals surface area contributed by atoms with Crippen molar-refractivity contribution in [3.05, 3.63) is 62.3 Å². The Morgan fingerprint density at radius 2 is 2.00 bits per heavy atom. The average molecular weight is 318 g/mol. The van der Waals surface area contributed by atoms with E-state index in [1.165, 1.54) is 23.9 Å². The normalized spacial score (nSPS) is 10.3. The number of aryl methyl sites for hydroxylation is 1. The molecule has 2 aromatic heterocycles. The summed E-state index contributed by atoms with van der Waals surface area (Å²) in [5.41, 5.74) is -0.269. The minimum Gasteiger partial charge on any atom is -0.354 e. The summed E-state index contributed by atoms with van der Waals surface area (Å²) in [4.78, 5) is 45.7. The van der Waals surface area contributed by atoms with Gasteiger partial charge in [-0.05, 0) is 6.07 Å². The van der Waals surface area contributed by atoms with Gasteiger partial charge in [-0.15, -0.1) is 0 Å². The van der Waals surface area contributed by atoms with Crippen LogP contribution in [0.5, 0.6) is 0 Å². The van der Waals surface area contributed by atoms with Crippen molar-refractivity contribution in [2.24, 2.45) is 7.05 Å². The highest BCUT2D eigenvalue weighted by Gasteiger charge is 2.16. The van der Waals surface area contributed by atoms with Gasteiger partial charge in [0, 0.05) is 38.0 Å². The second-order valence-electron chi connectivity index (χ2n) is 4.84. The summed E-state index contributed by atoms with van der Waals surface area (Å²) in [6.45, 7) is -0.349. The molecule has 0 aliphatic rings. The third kappa shape index (κ3) is 3.34. The molecule has 1 N–H and O–H groups in total. The molecule has 0 aromatic carbocycles. The molecule has 0 aliphatic carbocycles. The summed E-state index contributed by atoms with van der Waals surface area (Å²) < 4.78 is 2.45. The van der Waals surface area contributed by atoms with Gasteiger partial charge in [-0.2, -0.15) is 0 Å². The molecule has 1 amide bonds. The fourth-order valence-electron chi connectivity index (χ4n) is 2.07. The first-order valence-corrected chi connectivity index (χ1v) is 6.60. The van der Waals surface area contributed by atoms with E-state index in [1.807, 2.05) is 0 Å². The topological polar surface area (TPSA) is 116 Å². The van der Waals surface area contributed by atoms with Crippen molar-refractivity contribution in [2.75, 3.05) is 7.05 Å². The molecule has 2 rings (SSSR count). The van der Waals surface area contributed by atoms with Crippen LogP contribution < -0.4 is 10.9 Å². The molecule has 2 aromatic rings. The lowest BCUT2D eigenvalue weighted by Crippen LogP contribution is -2.23. The maximum absolute atomic E-state index is 12.2. The summed E-state index contributed by atoms with van der Waals surface area (Å²) in [6.07, 6.45) is 2.48. The Morgan fingerprint density at radius 3 is 2.61 bits per heavy atom. The number of nitro groups is 1. The van der Waals surface area contributed by atoms with Crippen LogP contribution in [0.15, 0.2) is 35.4 Å². The number of amides is 1. The van der Waals surface area contributed by atoms with Gasteiger partial charge in [0.25, 0.3) is 17.2 Å². The molecule has 120 valence electrons. The fraction of sp³-hybridized carbons (Fsp3) is 0.214. The molecule has 0 radical (unpaired) electrons. The Labute approximate surface area is 130 Å². The smallest absolute Gasteiger partial charge is 0.285 e. The second kappa shape index (κ2) is 6.26. The highest BCUT2D eigenvalue weighted by Crippen LogP contribution is 2.11. The van der Waals surface area contributed by atoms with E-state index in [-0.39, 0.29) is 23.7 Å². The summed E-state index contributed by atoms with van der Waals surface area (Å²) in [5.74, 6) is -0.780. The van der Waals surface area contributed by atoms with Crippen LogP contribution in [0.4, 0.5) is 5.69 Å². The number of carbonyl (C=O) groups is 2. The van der Waals surface area contributed by atoms with E-state index in [4.69, 9.17) is 0 Å². The van der Waals surface area contributed by atoms with Crippen LogP contribution in [0.25, 0.3) is 0 Å². The predicted octanol–water partition coefficient (Wildman–Crippen LogP) is 0.337. The number of carbonyl (C=O) groups excluding carboxylic acids is 2. The van der Waals surface area contributed by atoms with E-state index in [0.29, 0.717) is 5.69 Å². The van der Waals surface area contributed by atoms with Crippen LogP contribution in [-0.2, 0) is 13.6 Å². The van der Waals surface area contributed by atoms with Gasteiger partial charge < -0.3 is 14.5 Å². The first kappa shape index (κ1) is 16.1. The van der Waals surface area contributed by atoms with Crippen molar-refractivity contribution in [3.63, 3.8) is 0 Å². The maximum Gasteiger partial charge on any atom is 0.285 e. The van der Waals surface area contributed by atoms with E-state index >= 15 is 0 Å². The van der Waals surface area contributed by atoms with E-state index in [1.54, 1.807) is 7.05 Å². The number of rotatable bonds is 5. The Hall–Kier alpha value is -3.23. The van der Waals surface area contributed by atoms with E-state index in [2.05, 4.69) is 5.32 Å². The van der Waals surface area contributed by atoms with Gasteiger partial charge in [0.05, 0.1) is 17.7 Å². The van der Waals surface area contributed by atoms with Crippen molar-refractivity contribution >= 4 is 17.4 Å². The number of nitrogens with zero attached hydrogens (tertiary/aromatic N) is 3. The Kier molecular flexibility index (Phi) is 4.39. The standard InChI is InChI=1S/C14H14N4O5/c1-15-14(21)11-5-9(6-16(11)2)12(19)8-17-7-10(18(22)23)3-4-13(17)20/h3-7H,8H2,1-2H3,(H,15,21). The first-order chi connectivity index (χ1) is 10.8. The molecule has 23 heavy (non-hydrogen) atoms. The molecule has 0 bridgehead atoms. The number of Topliss-reactive ketones (excluding diaryl/α,β-unsaturated/α-hetero) is 1. The lowest BCUT2D eigenvalue weighted by molar-refractivity contribution is -0.385. The number of aromatic nitrogens is 2. The molecule has 9 nitrogen and oxygen atoms in total. The Morgan fingerprint density at radius 1 is 1.30 bits per heavy atom. The van der Waals surface area contributed by atoms with Gasteiger partial charge in [0.2, 0.25) is 0 Å². The molecule has 0 saturated heterocycles. The number of pyridine rings is 1. The average Bonchev–Trinajstić information content (AvgIpc) is 2.90. The molecule has 0 fully saturated rings. The Balaban J connectivity index is 2.29. The molecule has 0 unspecified atom stereocenters. The van der Waals surface area contributed by atoms with Gasteiger partial charge in [-0.3, -0.25) is 24.5 Å². The zero-order valence-electron chi connectivity index (χ0n) is 12.5. The van der Waals surface area contributed by atoms with Gasteiger partial charge in [0.15, 0.2) is 5.78 Å². The van der Waals surface area contributed by atoms with Crippen molar-refractivity contribution in [1.29, 1.82) is 0 Å².